The third-order valence-electron chi connectivity index (χ3n) is 3.25. The molecule has 0 spiro atoms. The molecule has 3 nitrogen and oxygen atoms in total. The summed E-state index contributed by atoms with van der Waals surface area (Å²) < 4.78 is 5.07. The smallest absolute Gasteiger partial charge is 0.136 e. The lowest BCUT2D eigenvalue weighted by atomic mass is 10.0. The van der Waals surface area contributed by atoms with Gasteiger partial charge in [-0.05, 0) is 12.8 Å². The normalized spacial score (nSPS) is 34.1. The van der Waals surface area contributed by atoms with Gasteiger partial charge in [-0.3, -0.25) is 9.69 Å². The minimum absolute atomic E-state index is 0.459. The quantitative estimate of drug-likeness (QED) is 0.649. The van der Waals surface area contributed by atoms with E-state index in [1.54, 1.807) is 7.11 Å². The van der Waals surface area contributed by atoms with Gasteiger partial charge < -0.3 is 4.74 Å². The first-order chi connectivity index (χ1) is 6.31. The highest BCUT2D eigenvalue weighted by Gasteiger charge is 2.39. The maximum absolute atomic E-state index is 11.3. The summed E-state index contributed by atoms with van der Waals surface area (Å²) >= 11 is 0. The SMILES string of the molecule is COCCN1[C@@H]2CC[C@H]1CC(=O)C2. The van der Waals surface area contributed by atoms with Crippen LogP contribution >= 0.6 is 0 Å². The zero-order chi connectivity index (χ0) is 9.26. The summed E-state index contributed by atoms with van der Waals surface area (Å²) in [6.07, 6.45) is 3.97. The van der Waals surface area contributed by atoms with Gasteiger partial charge in [-0.15, -0.1) is 0 Å². The fourth-order valence-electron chi connectivity index (χ4n) is 2.62. The predicted octanol–water partition coefficient (Wildman–Crippen LogP) is 0.829. The van der Waals surface area contributed by atoms with Crippen LogP contribution in [0.4, 0.5) is 0 Å². The second kappa shape index (κ2) is 3.76. The van der Waals surface area contributed by atoms with Gasteiger partial charge >= 0.3 is 0 Å². The molecule has 0 N–H and O–H groups in total. The molecule has 74 valence electrons. The van der Waals surface area contributed by atoms with Crippen LogP contribution in [0.15, 0.2) is 0 Å². The van der Waals surface area contributed by atoms with Crippen LogP contribution < -0.4 is 0 Å². The van der Waals surface area contributed by atoms with E-state index >= 15 is 0 Å². The van der Waals surface area contributed by atoms with Crippen LogP contribution in [0.2, 0.25) is 0 Å². The Morgan fingerprint density at radius 2 is 2.00 bits per heavy atom. The zero-order valence-electron chi connectivity index (χ0n) is 8.16. The van der Waals surface area contributed by atoms with Gasteiger partial charge in [0.1, 0.15) is 5.78 Å². The van der Waals surface area contributed by atoms with Gasteiger partial charge in [0, 0.05) is 38.6 Å². The van der Waals surface area contributed by atoms with Gasteiger partial charge in [0.05, 0.1) is 6.61 Å². The average molecular weight is 183 g/mol. The fourth-order valence-corrected chi connectivity index (χ4v) is 2.62. The van der Waals surface area contributed by atoms with Crippen molar-refractivity contribution in [3.05, 3.63) is 0 Å². The Morgan fingerprint density at radius 1 is 1.38 bits per heavy atom. The van der Waals surface area contributed by atoms with Crippen LogP contribution in [0.5, 0.6) is 0 Å². The molecule has 0 amide bonds. The Hall–Kier alpha value is -0.410. The largest absolute Gasteiger partial charge is 0.383 e. The molecule has 0 saturated carbocycles. The van der Waals surface area contributed by atoms with Crippen LogP contribution in [0.3, 0.4) is 0 Å². The second-order valence-electron chi connectivity index (χ2n) is 4.06. The van der Waals surface area contributed by atoms with Crippen LogP contribution in [-0.4, -0.2) is 43.0 Å². The van der Waals surface area contributed by atoms with Gasteiger partial charge in [0.15, 0.2) is 0 Å². The number of carbonyl (C=O) groups excluding carboxylic acids is 1. The third-order valence-corrected chi connectivity index (χ3v) is 3.25. The standard InChI is InChI=1S/C10H17NO2/c1-13-5-4-11-8-2-3-9(11)7-10(12)6-8/h8-9H,2-7H2,1H3/t8-,9+. The number of hydrogen-bond acceptors (Lipinski definition) is 3. The van der Waals surface area contributed by atoms with E-state index in [1.807, 2.05) is 0 Å². The minimum Gasteiger partial charge on any atom is -0.383 e. The van der Waals surface area contributed by atoms with Crippen molar-refractivity contribution in [2.75, 3.05) is 20.3 Å². The van der Waals surface area contributed by atoms with E-state index in [1.165, 1.54) is 12.8 Å². The molecule has 2 rings (SSSR count). The number of Topliss-reactive ketones (excluding diaryl/α,β-unsaturated/α-hetero) is 1. The molecular formula is C10H17NO2. The van der Waals surface area contributed by atoms with E-state index in [2.05, 4.69) is 4.90 Å². The molecule has 2 saturated heterocycles. The first-order valence-corrected chi connectivity index (χ1v) is 5.07. The number of carbonyl (C=O) groups is 1. The number of piperidine rings is 1. The van der Waals surface area contributed by atoms with Gasteiger partial charge in [-0.2, -0.15) is 0 Å². The van der Waals surface area contributed by atoms with Crippen molar-refractivity contribution in [1.82, 2.24) is 4.90 Å². The summed E-state index contributed by atoms with van der Waals surface area (Å²) in [6, 6.07) is 1.06. The van der Waals surface area contributed by atoms with Crippen LogP contribution in [0, 0.1) is 0 Å². The molecule has 2 aliphatic rings. The number of methoxy groups -OCH3 is 1. The van der Waals surface area contributed by atoms with Gasteiger partial charge in [-0.1, -0.05) is 0 Å². The number of nitrogens with zero attached hydrogens (tertiary/aromatic N) is 1. The molecule has 2 aliphatic heterocycles. The lowest BCUT2D eigenvalue weighted by Gasteiger charge is -2.33. The number of ether oxygens (including phenoxy) is 1. The topological polar surface area (TPSA) is 29.5 Å². The summed E-state index contributed by atoms with van der Waals surface area (Å²) in [5.74, 6) is 0.459. The molecule has 0 aromatic heterocycles. The minimum atomic E-state index is 0.459. The van der Waals surface area contributed by atoms with Crippen molar-refractivity contribution < 1.29 is 9.53 Å². The molecule has 0 aromatic rings. The first-order valence-electron chi connectivity index (χ1n) is 5.07. The molecule has 0 aromatic carbocycles. The second-order valence-corrected chi connectivity index (χ2v) is 4.06. The van der Waals surface area contributed by atoms with Crippen LogP contribution in [0.25, 0.3) is 0 Å². The summed E-state index contributed by atoms with van der Waals surface area (Å²) in [4.78, 5) is 13.7. The van der Waals surface area contributed by atoms with E-state index in [9.17, 15) is 4.79 Å². The summed E-state index contributed by atoms with van der Waals surface area (Å²) in [7, 11) is 1.73. The van der Waals surface area contributed by atoms with Crippen molar-refractivity contribution in [1.29, 1.82) is 0 Å². The number of fused-ring (bicyclic) bond motifs is 2. The highest BCUT2D eigenvalue weighted by Crippen LogP contribution is 2.33. The molecule has 2 atom stereocenters. The molecular weight excluding hydrogens is 166 g/mol. The highest BCUT2D eigenvalue weighted by molar-refractivity contribution is 5.80. The van der Waals surface area contributed by atoms with Crippen LogP contribution in [-0.2, 0) is 9.53 Å². The maximum atomic E-state index is 11.3. The van der Waals surface area contributed by atoms with E-state index in [0.717, 1.165) is 26.0 Å². The van der Waals surface area contributed by atoms with E-state index in [-0.39, 0.29) is 0 Å². The number of hydrogen-bond donors (Lipinski definition) is 0. The van der Waals surface area contributed by atoms with Gasteiger partial charge in [0.2, 0.25) is 0 Å². The molecule has 0 radical (unpaired) electrons. The Bertz CT molecular complexity index is 189. The van der Waals surface area contributed by atoms with Crippen molar-refractivity contribution in [3.8, 4) is 0 Å². The molecule has 3 heteroatoms. The van der Waals surface area contributed by atoms with Crippen molar-refractivity contribution in [3.63, 3.8) is 0 Å². The van der Waals surface area contributed by atoms with Crippen molar-refractivity contribution in [2.45, 2.75) is 37.8 Å². The Balaban J connectivity index is 1.94. The third kappa shape index (κ3) is 1.76. The molecule has 2 bridgehead atoms. The van der Waals surface area contributed by atoms with E-state index < -0.39 is 0 Å². The first kappa shape index (κ1) is 9.16. The van der Waals surface area contributed by atoms with Crippen LogP contribution in [0.1, 0.15) is 25.7 Å². The fraction of sp³-hybridized carbons (Fsp3) is 0.900. The summed E-state index contributed by atoms with van der Waals surface area (Å²) in [5, 5.41) is 0. The van der Waals surface area contributed by atoms with Gasteiger partial charge in [-0.25, -0.2) is 0 Å². The number of ketones is 1. The predicted molar refractivity (Wildman–Crippen MR) is 49.6 cm³/mol. The monoisotopic (exact) mass is 183 g/mol. The summed E-state index contributed by atoms with van der Waals surface area (Å²) in [5.41, 5.74) is 0. The highest BCUT2D eigenvalue weighted by atomic mass is 16.5. The van der Waals surface area contributed by atoms with Crippen molar-refractivity contribution >= 4 is 5.78 Å². The zero-order valence-corrected chi connectivity index (χ0v) is 8.16. The van der Waals surface area contributed by atoms with E-state index in [0.29, 0.717) is 17.9 Å². The lowest BCUT2D eigenvalue weighted by Crippen LogP contribution is -2.44. The lowest BCUT2D eigenvalue weighted by molar-refractivity contribution is -0.123. The average Bonchev–Trinajstić information content (AvgIpc) is 2.33. The maximum Gasteiger partial charge on any atom is 0.136 e. The molecule has 2 fully saturated rings. The molecule has 0 unspecified atom stereocenters. The Kier molecular flexibility index (Phi) is 2.65. The Morgan fingerprint density at radius 3 is 2.54 bits per heavy atom. The number of rotatable bonds is 3. The summed E-state index contributed by atoms with van der Waals surface area (Å²) in [6.45, 7) is 1.79. The Labute approximate surface area is 79.0 Å². The van der Waals surface area contributed by atoms with Crippen molar-refractivity contribution in [2.24, 2.45) is 0 Å². The molecule has 2 heterocycles. The molecule has 0 aliphatic carbocycles. The molecule has 13 heavy (non-hydrogen) atoms. The van der Waals surface area contributed by atoms with E-state index in [4.69, 9.17) is 4.74 Å². The van der Waals surface area contributed by atoms with Gasteiger partial charge in [0.25, 0.3) is 0 Å².